The van der Waals surface area contributed by atoms with Crippen molar-refractivity contribution in [3.63, 3.8) is 0 Å². The van der Waals surface area contributed by atoms with Gasteiger partial charge in [0, 0.05) is 29.6 Å². The molecule has 1 aromatic heterocycles. The van der Waals surface area contributed by atoms with Gasteiger partial charge in [-0.15, -0.1) is 11.3 Å². The van der Waals surface area contributed by atoms with Crippen molar-refractivity contribution in [1.82, 2.24) is 10.9 Å². The van der Waals surface area contributed by atoms with Crippen molar-refractivity contribution >= 4 is 34.7 Å². The SMILES string of the molecule is O=C(NNC(=O)C1CC(=O)N(c2ccc3c(c2)OCO3)C1)c1ccc(-c2ccc(F)cc2)s1. The van der Waals surface area contributed by atoms with Crippen LogP contribution in [-0.4, -0.2) is 31.1 Å². The summed E-state index contributed by atoms with van der Waals surface area (Å²) in [5.41, 5.74) is 6.22. The van der Waals surface area contributed by atoms with E-state index in [1.54, 1.807) is 42.5 Å². The maximum Gasteiger partial charge on any atom is 0.279 e. The van der Waals surface area contributed by atoms with Crippen LogP contribution in [0.25, 0.3) is 10.4 Å². The predicted octanol–water partition coefficient (Wildman–Crippen LogP) is 3.10. The molecule has 33 heavy (non-hydrogen) atoms. The van der Waals surface area contributed by atoms with Gasteiger partial charge in [-0.1, -0.05) is 12.1 Å². The van der Waals surface area contributed by atoms with E-state index in [0.29, 0.717) is 22.1 Å². The molecule has 3 heterocycles. The number of nitrogens with zero attached hydrogens (tertiary/aromatic N) is 1. The predicted molar refractivity (Wildman–Crippen MR) is 118 cm³/mol. The maximum atomic E-state index is 13.1. The van der Waals surface area contributed by atoms with Gasteiger partial charge in [0.2, 0.25) is 18.6 Å². The van der Waals surface area contributed by atoms with Crippen LogP contribution < -0.4 is 25.2 Å². The average Bonchev–Trinajstić information content (AvgIpc) is 3.56. The number of benzene rings is 2. The van der Waals surface area contributed by atoms with Crippen LogP contribution in [0.4, 0.5) is 10.1 Å². The van der Waals surface area contributed by atoms with Crippen molar-refractivity contribution in [3.05, 3.63) is 65.3 Å². The molecule has 168 valence electrons. The molecule has 2 aliphatic heterocycles. The van der Waals surface area contributed by atoms with Crippen molar-refractivity contribution in [1.29, 1.82) is 0 Å². The summed E-state index contributed by atoms with van der Waals surface area (Å²) in [6.45, 7) is 0.320. The number of carbonyl (C=O) groups is 3. The second-order valence-electron chi connectivity index (χ2n) is 7.56. The van der Waals surface area contributed by atoms with E-state index in [1.807, 2.05) is 0 Å². The van der Waals surface area contributed by atoms with Gasteiger partial charge in [-0.3, -0.25) is 25.2 Å². The van der Waals surface area contributed by atoms with Crippen LogP contribution in [0.15, 0.2) is 54.6 Å². The molecule has 0 bridgehead atoms. The number of thiophene rings is 1. The van der Waals surface area contributed by atoms with Crippen molar-refractivity contribution in [2.24, 2.45) is 5.92 Å². The Balaban J connectivity index is 1.18. The summed E-state index contributed by atoms with van der Waals surface area (Å²) >= 11 is 1.22. The lowest BCUT2D eigenvalue weighted by molar-refractivity contribution is -0.126. The molecule has 0 radical (unpaired) electrons. The van der Waals surface area contributed by atoms with Gasteiger partial charge in [0.1, 0.15) is 5.82 Å². The van der Waals surface area contributed by atoms with Gasteiger partial charge < -0.3 is 14.4 Å². The van der Waals surface area contributed by atoms with E-state index >= 15 is 0 Å². The van der Waals surface area contributed by atoms with Crippen molar-refractivity contribution in [3.8, 4) is 21.9 Å². The number of rotatable bonds is 4. The molecule has 3 aromatic rings. The zero-order valence-electron chi connectivity index (χ0n) is 17.2. The lowest BCUT2D eigenvalue weighted by Crippen LogP contribution is -2.44. The van der Waals surface area contributed by atoms with E-state index in [-0.39, 0.29) is 31.5 Å². The first-order chi connectivity index (χ1) is 16.0. The third-order valence-electron chi connectivity index (χ3n) is 5.42. The van der Waals surface area contributed by atoms with Crippen LogP contribution in [-0.2, 0) is 9.59 Å². The minimum absolute atomic E-state index is 0.0316. The first-order valence-corrected chi connectivity index (χ1v) is 11.0. The van der Waals surface area contributed by atoms with Gasteiger partial charge in [-0.25, -0.2) is 4.39 Å². The Bertz CT molecular complexity index is 1240. The second kappa shape index (κ2) is 8.55. The lowest BCUT2D eigenvalue weighted by Gasteiger charge is -2.17. The minimum atomic E-state index is -0.610. The Labute approximate surface area is 191 Å². The monoisotopic (exact) mass is 467 g/mol. The molecule has 0 saturated carbocycles. The fraction of sp³-hybridized carbons (Fsp3) is 0.174. The molecule has 10 heteroatoms. The van der Waals surface area contributed by atoms with E-state index in [4.69, 9.17) is 9.47 Å². The lowest BCUT2D eigenvalue weighted by atomic mass is 10.1. The largest absolute Gasteiger partial charge is 0.454 e. The number of hydrazine groups is 1. The van der Waals surface area contributed by atoms with Crippen LogP contribution in [0, 0.1) is 11.7 Å². The van der Waals surface area contributed by atoms with E-state index in [9.17, 15) is 18.8 Å². The normalized spacial score (nSPS) is 16.7. The fourth-order valence-corrected chi connectivity index (χ4v) is 4.60. The van der Waals surface area contributed by atoms with E-state index < -0.39 is 17.7 Å². The number of hydrogen-bond acceptors (Lipinski definition) is 6. The van der Waals surface area contributed by atoms with E-state index in [0.717, 1.165) is 10.4 Å². The van der Waals surface area contributed by atoms with Gasteiger partial charge in [0.05, 0.1) is 10.8 Å². The molecule has 0 aliphatic carbocycles. The molecule has 1 fully saturated rings. The number of anilines is 1. The topological polar surface area (TPSA) is 97.0 Å². The highest BCUT2D eigenvalue weighted by Crippen LogP contribution is 2.37. The summed E-state index contributed by atoms with van der Waals surface area (Å²) in [7, 11) is 0. The number of ether oxygens (including phenoxy) is 2. The van der Waals surface area contributed by atoms with E-state index in [2.05, 4.69) is 10.9 Å². The second-order valence-corrected chi connectivity index (χ2v) is 8.64. The van der Waals surface area contributed by atoms with Gasteiger partial charge in [-0.05, 0) is 42.0 Å². The van der Waals surface area contributed by atoms with E-state index in [1.165, 1.54) is 28.4 Å². The van der Waals surface area contributed by atoms with Gasteiger partial charge in [0.25, 0.3) is 5.91 Å². The molecule has 1 saturated heterocycles. The first-order valence-electron chi connectivity index (χ1n) is 10.1. The highest BCUT2D eigenvalue weighted by atomic mass is 32.1. The Kier molecular flexibility index (Phi) is 5.43. The smallest absolute Gasteiger partial charge is 0.279 e. The highest BCUT2D eigenvalue weighted by molar-refractivity contribution is 7.17. The van der Waals surface area contributed by atoms with Crippen LogP contribution in [0.5, 0.6) is 11.5 Å². The average molecular weight is 467 g/mol. The van der Waals surface area contributed by atoms with Crippen molar-refractivity contribution in [2.75, 3.05) is 18.2 Å². The number of carbonyl (C=O) groups excluding carboxylic acids is 3. The third kappa shape index (κ3) is 4.24. The molecule has 0 spiro atoms. The molecule has 2 N–H and O–H groups in total. The fourth-order valence-electron chi connectivity index (χ4n) is 3.70. The molecule has 5 rings (SSSR count). The van der Waals surface area contributed by atoms with Gasteiger partial charge in [0.15, 0.2) is 11.5 Å². The molecule has 2 aromatic carbocycles. The standard InChI is InChI=1S/C23H18FN3O5S/c24-15-3-1-13(2-4-15)19-7-8-20(33-19)23(30)26-25-22(29)14-9-21(28)27(11-14)16-5-6-17-18(10-16)32-12-31-17/h1-8,10,14H,9,11-12H2,(H,25,29)(H,26,30). The summed E-state index contributed by atoms with van der Waals surface area (Å²) in [5.74, 6) is -0.897. The molecule has 1 atom stereocenters. The Morgan fingerprint density at radius 1 is 1.00 bits per heavy atom. The zero-order valence-corrected chi connectivity index (χ0v) is 18.0. The third-order valence-corrected chi connectivity index (χ3v) is 6.55. The maximum absolute atomic E-state index is 13.1. The van der Waals surface area contributed by atoms with Crippen molar-refractivity contribution < 1.29 is 28.2 Å². The highest BCUT2D eigenvalue weighted by Gasteiger charge is 2.36. The number of hydrogen-bond donors (Lipinski definition) is 2. The molecular weight excluding hydrogens is 449 g/mol. The Morgan fingerprint density at radius 2 is 1.79 bits per heavy atom. The molecule has 3 amide bonds. The zero-order chi connectivity index (χ0) is 22.9. The molecular formula is C23H18FN3O5S. The summed E-state index contributed by atoms with van der Waals surface area (Å²) < 4.78 is 23.7. The van der Waals surface area contributed by atoms with Crippen LogP contribution >= 0.6 is 11.3 Å². The molecule has 8 nitrogen and oxygen atoms in total. The molecule has 1 unspecified atom stereocenters. The minimum Gasteiger partial charge on any atom is -0.454 e. The summed E-state index contributed by atoms with van der Waals surface area (Å²) in [6, 6.07) is 14.5. The van der Waals surface area contributed by atoms with Crippen LogP contribution in [0.1, 0.15) is 16.1 Å². The summed E-state index contributed by atoms with van der Waals surface area (Å²) in [5, 5.41) is 0. The number of nitrogens with one attached hydrogen (secondary N) is 2. The van der Waals surface area contributed by atoms with Gasteiger partial charge >= 0.3 is 0 Å². The summed E-state index contributed by atoms with van der Waals surface area (Å²) in [6.07, 6.45) is 0.0316. The number of halogens is 1. The number of fused-ring (bicyclic) bond motifs is 1. The molecule has 2 aliphatic rings. The quantitative estimate of drug-likeness (QED) is 0.575. The summed E-state index contributed by atoms with van der Waals surface area (Å²) in [4.78, 5) is 40.2. The first kappa shape index (κ1) is 21.0. The van der Waals surface area contributed by atoms with Crippen LogP contribution in [0.2, 0.25) is 0 Å². The Hall–Kier alpha value is -3.92. The Morgan fingerprint density at radius 3 is 2.61 bits per heavy atom. The van der Waals surface area contributed by atoms with Crippen molar-refractivity contribution in [2.45, 2.75) is 6.42 Å². The van der Waals surface area contributed by atoms with Gasteiger partial charge in [-0.2, -0.15) is 0 Å². The van der Waals surface area contributed by atoms with Crippen LogP contribution in [0.3, 0.4) is 0 Å². The number of amides is 3.